The van der Waals surface area contributed by atoms with Gasteiger partial charge in [-0.15, -0.1) is 11.6 Å². The summed E-state index contributed by atoms with van der Waals surface area (Å²) in [6.45, 7) is 2.03. The van der Waals surface area contributed by atoms with E-state index in [9.17, 15) is 4.39 Å². The molecule has 0 bridgehead atoms. The van der Waals surface area contributed by atoms with Crippen LogP contribution < -0.4 is 0 Å². The van der Waals surface area contributed by atoms with Crippen LogP contribution in [0, 0.1) is 12.7 Å². The van der Waals surface area contributed by atoms with Crippen molar-refractivity contribution in [2.24, 2.45) is 0 Å². The van der Waals surface area contributed by atoms with Crippen molar-refractivity contribution in [2.75, 3.05) is 5.88 Å². The summed E-state index contributed by atoms with van der Waals surface area (Å²) < 4.78 is 15.5. The van der Waals surface area contributed by atoms with Gasteiger partial charge in [0.15, 0.2) is 0 Å². The number of hydrogen-bond acceptors (Lipinski definition) is 1. The van der Waals surface area contributed by atoms with Crippen molar-refractivity contribution < 1.29 is 4.39 Å². The van der Waals surface area contributed by atoms with E-state index in [0.717, 1.165) is 28.1 Å². The molecule has 1 aromatic heterocycles. The summed E-state index contributed by atoms with van der Waals surface area (Å²) in [6.07, 6.45) is 0.645. The van der Waals surface area contributed by atoms with Gasteiger partial charge in [0.05, 0.1) is 16.7 Å². The van der Waals surface area contributed by atoms with Gasteiger partial charge in [0.2, 0.25) is 0 Å². The zero-order chi connectivity index (χ0) is 14.1. The standard InChI is InChI=1S/C16H14ClFN2/c1-11-4-2-7-14-16(11)20(15(19-14)8-9-17)13-6-3-5-12(18)10-13/h2-7,10H,8-9H2,1H3. The van der Waals surface area contributed by atoms with E-state index in [2.05, 4.69) is 4.98 Å². The van der Waals surface area contributed by atoms with Gasteiger partial charge in [-0.25, -0.2) is 9.37 Å². The number of halogens is 2. The fourth-order valence-electron chi connectivity index (χ4n) is 2.49. The van der Waals surface area contributed by atoms with Crippen molar-refractivity contribution in [1.82, 2.24) is 9.55 Å². The lowest BCUT2D eigenvalue weighted by atomic mass is 10.2. The van der Waals surface area contributed by atoms with Gasteiger partial charge >= 0.3 is 0 Å². The Labute approximate surface area is 121 Å². The second-order valence-electron chi connectivity index (χ2n) is 4.72. The minimum absolute atomic E-state index is 0.255. The summed E-state index contributed by atoms with van der Waals surface area (Å²) in [6, 6.07) is 12.5. The highest BCUT2D eigenvalue weighted by Gasteiger charge is 2.14. The number of aryl methyl sites for hydroxylation is 2. The fraction of sp³-hybridized carbons (Fsp3) is 0.188. The molecule has 0 unspecified atom stereocenters. The van der Waals surface area contributed by atoms with Gasteiger partial charge in [0.1, 0.15) is 11.6 Å². The van der Waals surface area contributed by atoms with Crippen LogP contribution in [0.15, 0.2) is 42.5 Å². The summed E-state index contributed by atoms with van der Waals surface area (Å²) in [5.74, 6) is 1.09. The zero-order valence-corrected chi connectivity index (χ0v) is 11.9. The molecule has 0 aliphatic heterocycles. The van der Waals surface area contributed by atoms with Gasteiger partial charge in [0.25, 0.3) is 0 Å². The first-order valence-electron chi connectivity index (χ1n) is 6.49. The first-order valence-corrected chi connectivity index (χ1v) is 7.03. The molecule has 2 nitrogen and oxygen atoms in total. The Morgan fingerprint density at radius 3 is 2.75 bits per heavy atom. The van der Waals surface area contributed by atoms with E-state index in [1.54, 1.807) is 6.07 Å². The van der Waals surface area contributed by atoms with Crippen LogP contribution in [0.5, 0.6) is 0 Å². The number of rotatable bonds is 3. The summed E-state index contributed by atoms with van der Waals surface area (Å²) in [5.41, 5.74) is 3.81. The molecule has 0 saturated carbocycles. The third kappa shape index (κ3) is 2.18. The van der Waals surface area contributed by atoms with Crippen molar-refractivity contribution in [3.8, 4) is 5.69 Å². The van der Waals surface area contributed by atoms with Gasteiger partial charge in [-0.2, -0.15) is 0 Å². The zero-order valence-electron chi connectivity index (χ0n) is 11.1. The lowest BCUT2D eigenvalue weighted by Gasteiger charge is -2.10. The average molecular weight is 289 g/mol. The van der Waals surface area contributed by atoms with E-state index < -0.39 is 0 Å². The maximum atomic E-state index is 13.5. The molecule has 0 fully saturated rings. The Bertz CT molecular complexity index is 764. The number of nitrogens with zero attached hydrogens (tertiary/aromatic N) is 2. The quantitative estimate of drug-likeness (QED) is 0.659. The molecule has 0 amide bonds. The van der Waals surface area contributed by atoms with E-state index in [1.165, 1.54) is 12.1 Å². The lowest BCUT2D eigenvalue weighted by Crippen LogP contribution is -2.03. The first kappa shape index (κ1) is 13.1. The molecule has 0 spiro atoms. The van der Waals surface area contributed by atoms with Crippen molar-refractivity contribution in [3.63, 3.8) is 0 Å². The number of alkyl halides is 1. The Balaban J connectivity index is 2.34. The highest BCUT2D eigenvalue weighted by molar-refractivity contribution is 6.17. The summed E-state index contributed by atoms with van der Waals surface area (Å²) in [4.78, 5) is 4.63. The van der Waals surface area contributed by atoms with Crippen LogP contribution in [0.4, 0.5) is 4.39 Å². The number of para-hydroxylation sites is 1. The molecular weight excluding hydrogens is 275 g/mol. The van der Waals surface area contributed by atoms with Crippen molar-refractivity contribution in [2.45, 2.75) is 13.3 Å². The molecule has 102 valence electrons. The molecule has 0 N–H and O–H groups in total. The summed E-state index contributed by atoms with van der Waals surface area (Å²) in [5, 5.41) is 0. The fourth-order valence-corrected chi connectivity index (χ4v) is 2.66. The Hall–Kier alpha value is -1.87. The predicted molar refractivity (Wildman–Crippen MR) is 80.2 cm³/mol. The first-order chi connectivity index (χ1) is 9.70. The van der Waals surface area contributed by atoms with Crippen LogP contribution in [0.1, 0.15) is 11.4 Å². The highest BCUT2D eigenvalue weighted by atomic mass is 35.5. The minimum atomic E-state index is -0.255. The topological polar surface area (TPSA) is 17.8 Å². The Morgan fingerprint density at radius 2 is 2.00 bits per heavy atom. The van der Waals surface area contributed by atoms with E-state index in [1.807, 2.05) is 35.8 Å². The molecule has 20 heavy (non-hydrogen) atoms. The minimum Gasteiger partial charge on any atom is -0.296 e. The van der Waals surface area contributed by atoms with E-state index in [0.29, 0.717) is 12.3 Å². The number of aromatic nitrogens is 2. The number of imidazole rings is 1. The van der Waals surface area contributed by atoms with Crippen molar-refractivity contribution >= 4 is 22.6 Å². The van der Waals surface area contributed by atoms with Gasteiger partial charge in [0, 0.05) is 12.3 Å². The Morgan fingerprint density at radius 1 is 1.20 bits per heavy atom. The van der Waals surface area contributed by atoms with Crippen molar-refractivity contribution in [1.29, 1.82) is 0 Å². The monoisotopic (exact) mass is 288 g/mol. The highest BCUT2D eigenvalue weighted by Crippen LogP contribution is 2.25. The van der Waals surface area contributed by atoms with E-state index >= 15 is 0 Å². The number of benzene rings is 2. The molecule has 0 radical (unpaired) electrons. The van der Waals surface area contributed by atoms with Crippen LogP contribution in [-0.4, -0.2) is 15.4 Å². The molecule has 0 aliphatic carbocycles. The van der Waals surface area contributed by atoms with Gasteiger partial charge in [-0.1, -0.05) is 18.2 Å². The second-order valence-corrected chi connectivity index (χ2v) is 5.10. The maximum absolute atomic E-state index is 13.5. The van der Waals surface area contributed by atoms with Crippen LogP contribution >= 0.6 is 11.6 Å². The number of fused-ring (bicyclic) bond motifs is 1. The smallest absolute Gasteiger partial charge is 0.125 e. The summed E-state index contributed by atoms with van der Waals surface area (Å²) >= 11 is 5.87. The molecule has 0 atom stereocenters. The second kappa shape index (κ2) is 5.25. The molecule has 4 heteroatoms. The SMILES string of the molecule is Cc1cccc2nc(CCCl)n(-c3cccc(F)c3)c12. The molecule has 2 aromatic carbocycles. The lowest BCUT2D eigenvalue weighted by molar-refractivity contribution is 0.626. The van der Waals surface area contributed by atoms with E-state index in [4.69, 9.17) is 11.6 Å². The van der Waals surface area contributed by atoms with Crippen molar-refractivity contribution in [3.05, 3.63) is 59.7 Å². The van der Waals surface area contributed by atoms with Gasteiger partial charge in [-0.05, 0) is 36.8 Å². The van der Waals surface area contributed by atoms with E-state index in [-0.39, 0.29) is 5.82 Å². The molecule has 0 saturated heterocycles. The average Bonchev–Trinajstić information content (AvgIpc) is 2.79. The van der Waals surface area contributed by atoms with Crippen LogP contribution in [0.2, 0.25) is 0 Å². The normalized spacial score (nSPS) is 11.2. The predicted octanol–water partition coefficient (Wildman–Crippen LogP) is 4.25. The third-order valence-corrected chi connectivity index (χ3v) is 3.52. The largest absolute Gasteiger partial charge is 0.296 e. The third-order valence-electron chi connectivity index (χ3n) is 3.33. The number of hydrogen-bond donors (Lipinski definition) is 0. The Kier molecular flexibility index (Phi) is 3.45. The molecular formula is C16H14ClFN2. The molecule has 1 heterocycles. The molecule has 3 aromatic rings. The molecule has 0 aliphatic rings. The maximum Gasteiger partial charge on any atom is 0.125 e. The van der Waals surface area contributed by atoms with Gasteiger partial charge < -0.3 is 0 Å². The van der Waals surface area contributed by atoms with Gasteiger partial charge in [-0.3, -0.25) is 4.57 Å². The van der Waals surface area contributed by atoms with Crippen LogP contribution in [0.25, 0.3) is 16.7 Å². The summed E-state index contributed by atoms with van der Waals surface area (Å²) in [7, 11) is 0. The molecule has 3 rings (SSSR count). The van der Waals surface area contributed by atoms with Crippen LogP contribution in [0.3, 0.4) is 0 Å². The van der Waals surface area contributed by atoms with Crippen LogP contribution in [-0.2, 0) is 6.42 Å².